The van der Waals surface area contributed by atoms with E-state index < -0.39 is 51.8 Å². The van der Waals surface area contributed by atoms with E-state index in [9.17, 15) is 24.2 Å². The number of hydrogen-bond donors (Lipinski definition) is 3. The molecule has 0 spiro atoms. The van der Waals surface area contributed by atoms with Gasteiger partial charge < -0.3 is 24.6 Å². The van der Waals surface area contributed by atoms with E-state index in [4.69, 9.17) is 19.1 Å². The lowest BCUT2D eigenvalue weighted by Gasteiger charge is -2.20. The Balaban J connectivity index is 4.37. The van der Waals surface area contributed by atoms with Gasteiger partial charge in [-0.1, -0.05) is 135 Å². The minimum atomic E-state index is -4.61. The molecule has 1 unspecified atom stereocenters. The number of phosphoric ester groups is 1. The first kappa shape index (κ1) is 46.7. The predicted octanol–water partition coefficient (Wildman–Crippen LogP) is 9.28. The van der Waals surface area contributed by atoms with Crippen LogP contribution >= 0.6 is 7.82 Å². The zero-order valence-electron chi connectivity index (χ0n) is 30.5. The van der Waals surface area contributed by atoms with Crippen LogP contribution in [0.3, 0.4) is 0 Å². The largest absolute Gasteiger partial charge is 0.472 e. The Hall–Kier alpha value is -1.29. The summed E-state index contributed by atoms with van der Waals surface area (Å²) >= 11 is 0. The summed E-state index contributed by atoms with van der Waals surface area (Å²) in [6.45, 7) is 2.34. The summed E-state index contributed by atoms with van der Waals surface area (Å²) in [5, 5.41) is 18.3. The average Bonchev–Trinajstić information content (AvgIpc) is 3.07. The number of esters is 2. The number of allylic oxidation sites excluding steroid dienone is 2. The van der Waals surface area contributed by atoms with E-state index in [0.29, 0.717) is 12.8 Å². The molecule has 0 saturated heterocycles. The maximum atomic E-state index is 12.5. The van der Waals surface area contributed by atoms with E-state index in [1.807, 2.05) is 0 Å². The SMILES string of the molecule is CCCCCC/C=C/CCCCCCCC(=O)O[C@H](COC(=O)CCCCCCCCCCCCCC)COP(=O)(O)OC[C@@H](O)CO. The highest BCUT2D eigenvalue weighted by Gasteiger charge is 2.27. The van der Waals surface area contributed by atoms with E-state index in [2.05, 4.69) is 30.5 Å². The first-order valence-electron chi connectivity index (χ1n) is 19.1. The average molecular weight is 707 g/mol. The second-order valence-corrected chi connectivity index (χ2v) is 14.4. The summed E-state index contributed by atoms with van der Waals surface area (Å²) in [6, 6.07) is 0. The summed E-state index contributed by atoms with van der Waals surface area (Å²) in [5.74, 6) is -0.931. The van der Waals surface area contributed by atoms with Gasteiger partial charge in [-0.3, -0.25) is 18.6 Å². The van der Waals surface area contributed by atoms with Crippen molar-refractivity contribution in [1.29, 1.82) is 0 Å². The number of carbonyl (C=O) groups is 2. The molecule has 0 aliphatic heterocycles. The highest BCUT2D eigenvalue weighted by molar-refractivity contribution is 7.47. The van der Waals surface area contributed by atoms with Crippen LogP contribution in [0.15, 0.2) is 12.2 Å². The molecule has 10 nitrogen and oxygen atoms in total. The summed E-state index contributed by atoms with van der Waals surface area (Å²) in [4.78, 5) is 34.8. The van der Waals surface area contributed by atoms with Crippen LogP contribution in [0.2, 0.25) is 0 Å². The lowest BCUT2D eigenvalue weighted by atomic mass is 10.0. The van der Waals surface area contributed by atoms with E-state index in [0.717, 1.165) is 57.8 Å². The smallest absolute Gasteiger partial charge is 0.462 e. The van der Waals surface area contributed by atoms with Gasteiger partial charge in [0.1, 0.15) is 12.7 Å². The van der Waals surface area contributed by atoms with Gasteiger partial charge in [0, 0.05) is 12.8 Å². The van der Waals surface area contributed by atoms with Crippen molar-refractivity contribution in [2.24, 2.45) is 0 Å². The van der Waals surface area contributed by atoms with E-state index in [-0.39, 0.29) is 19.4 Å². The molecule has 0 rings (SSSR count). The fourth-order valence-electron chi connectivity index (χ4n) is 5.16. The van der Waals surface area contributed by atoms with Crippen molar-refractivity contribution in [2.45, 2.75) is 187 Å². The molecule has 0 aliphatic rings. The number of ether oxygens (including phenoxy) is 2. The van der Waals surface area contributed by atoms with Crippen molar-refractivity contribution in [2.75, 3.05) is 26.4 Å². The Morgan fingerprint density at radius 1 is 0.604 bits per heavy atom. The van der Waals surface area contributed by atoms with Crippen molar-refractivity contribution >= 4 is 19.8 Å². The zero-order valence-corrected chi connectivity index (χ0v) is 31.4. The molecule has 0 heterocycles. The lowest BCUT2D eigenvalue weighted by molar-refractivity contribution is -0.161. The van der Waals surface area contributed by atoms with Crippen molar-refractivity contribution in [3.05, 3.63) is 12.2 Å². The Morgan fingerprint density at radius 3 is 1.52 bits per heavy atom. The molecule has 3 atom stereocenters. The van der Waals surface area contributed by atoms with Gasteiger partial charge in [-0.2, -0.15) is 0 Å². The minimum Gasteiger partial charge on any atom is -0.462 e. The summed E-state index contributed by atoms with van der Waals surface area (Å²) in [6.07, 6.45) is 28.9. The van der Waals surface area contributed by atoms with E-state index >= 15 is 0 Å². The number of phosphoric acid groups is 1. The van der Waals surface area contributed by atoms with Crippen LogP contribution in [0.5, 0.6) is 0 Å². The number of unbranched alkanes of at least 4 members (excludes halogenated alkanes) is 20. The van der Waals surface area contributed by atoms with Crippen LogP contribution in [-0.2, 0) is 32.7 Å². The lowest BCUT2D eigenvalue weighted by Crippen LogP contribution is -2.29. The quantitative estimate of drug-likeness (QED) is 0.0249. The van der Waals surface area contributed by atoms with Crippen molar-refractivity contribution in [3.8, 4) is 0 Å². The van der Waals surface area contributed by atoms with Crippen LogP contribution in [0.25, 0.3) is 0 Å². The maximum Gasteiger partial charge on any atom is 0.472 e. The molecule has 0 aliphatic carbocycles. The van der Waals surface area contributed by atoms with Gasteiger partial charge in [0.2, 0.25) is 0 Å². The number of carbonyl (C=O) groups excluding carboxylic acids is 2. The van der Waals surface area contributed by atoms with Gasteiger partial charge in [-0.05, 0) is 38.5 Å². The molecule has 11 heteroatoms. The molecule has 0 bridgehead atoms. The van der Waals surface area contributed by atoms with Crippen LogP contribution in [0, 0.1) is 0 Å². The molecule has 284 valence electrons. The molecule has 3 N–H and O–H groups in total. The van der Waals surface area contributed by atoms with Gasteiger partial charge in [0.15, 0.2) is 6.10 Å². The maximum absolute atomic E-state index is 12.5. The van der Waals surface area contributed by atoms with Crippen molar-refractivity contribution in [1.82, 2.24) is 0 Å². The van der Waals surface area contributed by atoms with Gasteiger partial charge >= 0.3 is 19.8 Å². The standard InChI is InChI=1S/C37H71O10P/c1-3-5-7-9-11-13-15-17-19-21-23-25-27-29-37(41)47-35(33-46-48(42,43)45-31-34(39)30-38)32-44-36(40)28-26-24-22-20-18-16-14-12-10-8-6-4-2/h13,15,34-35,38-39H,3-12,14,16-33H2,1-2H3,(H,42,43)/b15-13+/t34-,35+/m0/s1. The van der Waals surface area contributed by atoms with Crippen LogP contribution in [-0.4, -0.2) is 65.7 Å². The molecule has 0 aromatic heterocycles. The first-order chi connectivity index (χ1) is 23.2. The molecule has 0 saturated carbocycles. The van der Waals surface area contributed by atoms with Gasteiger partial charge in [0.05, 0.1) is 19.8 Å². The fraction of sp³-hybridized carbons (Fsp3) is 0.892. The monoisotopic (exact) mass is 706 g/mol. The third kappa shape index (κ3) is 33.2. The number of rotatable bonds is 36. The fourth-order valence-corrected chi connectivity index (χ4v) is 5.95. The Morgan fingerprint density at radius 2 is 1.02 bits per heavy atom. The highest BCUT2D eigenvalue weighted by atomic mass is 31.2. The van der Waals surface area contributed by atoms with E-state index in [1.165, 1.54) is 77.0 Å². The first-order valence-corrected chi connectivity index (χ1v) is 20.6. The molecule has 0 radical (unpaired) electrons. The Bertz CT molecular complexity index is 822. The molecule has 48 heavy (non-hydrogen) atoms. The highest BCUT2D eigenvalue weighted by Crippen LogP contribution is 2.43. The third-order valence-corrected chi connectivity index (χ3v) is 9.12. The number of aliphatic hydroxyl groups is 2. The topological polar surface area (TPSA) is 149 Å². The summed E-state index contributed by atoms with van der Waals surface area (Å²) < 4.78 is 32.5. The van der Waals surface area contributed by atoms with Gasteiger partial charge in [-0.25, -0.2) is 4.57 Å². The van der Waals surface area contributed by atoms with Crippen LogP contribution < -0.4 is 0 Å². The molecular formula is C37H71O10P. The van der Waals surface area contributed by atoms with Crippen LogP contribution in [0.4, 0.5) is 0 Å². The van der Waals surface area contributed by atoms with E-state index in [1.54, 1.807) is 0 Å². The zero-order chi connectivity index (χ0) is 35.6. The van der Waals surface area contributed by atoms with Gasteiger partial charge in [0.25, 0.3) is 0 Å². The molecule has 0 amide bonds. The second-order valence-electron chi connectivity index (χ2n) is 13.0. The van der Waals surface area contributed by atoms with Gasteiger partial charge in [-0.15, -0.1) is 0 Å². The third-order valence-electron chi connectivity index (χ3n) is 8.17. The minimum absolute atomic E-state index is 0.178. The summed E-state index contributed by atoms with van der Waals surface area (Å²) in [5.41, 5.74) is 0. The molecular weight excluding hydrogens is 635 g/mol. The predicted molar refractivity (Wildman–Crippen MR) is 192 cm³/mol. The Kier molecular flexibility index (Phi) is 33.3. The Labute approximate surface area is 292 Å². The van der Waals surface area contributed by atoms with Crippen molar-refractivity contribution in [3.63, 3.8) is 0 Å². The number of aliphatic hydroxyl groups excluding tert-OH is 2. The van der Waals surface area contributed by atoms with Crippen molar-refractivity contribution < 1.29 is 47.8 Å². The second kappa shape index (κ2) is 34.2. The summed E-state index contributed by atoms with van der Waals surface area (Å²) in [7, 11) is -4.61. The molecule has 0 fully saturated rings. The van der Waals surface area contributed by atoms with Crippen LogP contribution in [0.1, 0.15) is 174 Å². The molecule has 0 aromatic rings. The molecule has 0 aromatic carbocycles. The number of hydrogen-bond acceptors (Lipinski definition) is 9. The normalized spacial score (nSPS) is 14.2.